The SMILES string of the molecule is CCC1(CNC(=O)c2ccc(Cl)c([N+](=O)[O-])c2)CC1. The van der Waals surface area contributed by atoms with E-state index in [1.54, 1.807) is 0 Å². The fourth-order valence-corrected chi connectivity index (χ4v) is 2.18. The first-order chi connectivity index (χ1) is 8.97. The predicted molar refractivity (Wildman–Crippen MR) is 72.4 cm³/mol. The average molecular weight is 283 g/mol. The van der Waals surface area contributed by atoms with Crippen LogP contribution in [-0.2, 0) is 0 Å². The van der Waals surface area contributed by atoms with Crippen LogP contribution in [0.25, 0.3) is 0 Å². The molecular weight excluding hydrogens is 268 g/mol. The number of halogens is 1. The van der Waals surface area contributed by atoms with Gasteiger partial charge in [-0.05, 0) is 36.8 Å². The van der Waals surface area contributed by atoms with Crippen molar-refractivity contribution in [2.75, 3.05) is 6.54 Å². The Labute approximate surface area is 116 Å². The summed E-state index contributed by atoms with van der Waals surface area (Å²) in [5.41, 5.74) is 0.266. The molecule has 6 heteroatoms. The number of hydrogen-bond donors (Lipinski definition) is 1. The van der Waals surface area contributed by atoms with Crippen LogP contribution in [0.3, 0.4) is 0 Å². The topological polar surface area (TPSA) is 72.2 Å². The highest BCUT2D eigenvalue weighted by atomic mass is 35.5. The van der Waals surface area contributed by atoms with Crippen molar-refractivity contribution < 1.29 is 9.72 Å². The number of nitro groups is 1. The van der Waals surface area contributed by atoms with Gasteiger partial charge < -0.3 is 5.32 Å². The highest BCUT2D eigenvalue weighted by molar-refractivity contribution is 6.32. The Bertz CT molecular complexity index is 527. The monoisotopic (exact) mass is 282 g/mol. The maximum Gasteiger partial charge on any atom is 0.288 e. The van der Waals surface area contributed by atoms with Gasteiger partial charge in [0.05, 0.1) is 4.92 Å². The summed E-state index contributed by atoms with van der Waals surface area (Å²) >= 11 is 5.70. The number of carbonyl (C=O) groups is 1. The van der Waals surface area contributed by atoms with E-state index in [0.717, 1.165) is 19.3 Å². The second-order valence-electron chi connectivity index (χ2n) is 4.96. The standard InChI is InChI=1S/C13H15ClN2O3/c1-2-13(5-6-13)8-15-12(17)9-3-4-10(14)11(7-9)16(18)19/h3-4,7H,2,5-6,8H2,1H3,(H,15,17). The van der Waals surface area contributed by atoms with Crippen molar-refractivity contribution in [2.24, 2.45) is 5.41 Å². The highest BCUT2D eigenvalue weighted by Crippen LogP contribution is 2.47. The first-order valence-corrected chi connectivity index (χ1v) is 6.57. The number of nitrogens with zero attached hydrogens (tertiary/aromatic N) is 1. The fraction of sp³-hybridized carbons (Fsp3) is 0.462. The van der Waals surface area contributed by atoms with Crippen LogP contribution >= 0.6 is 11.6 Å². The molecule has 0 unspecified atom stereocenters. The Kier molecular flexibility index (Phi) is 3.75. The van der Waals surface area contributed by atoms with Crippen LogP contribution in [0.15, 0.2) is 18.2 Å². The van der Waals surface area contributed by atoms with Crippen LogP contribution < -0.4 is 5.32 Å². The molecule has 0 saturated heterocycles. The molecule has 0 atom stereocenters. The van der Waals surface area contributed by atoms with Gasteiger partial charge in [-0.2, -0.15) is 0 Å². The van der Waals surface area contributed by atoms with Crippen LogP contribution in [0.1, 0.15) is 36.5 Å². The number of benzene rings is 1. The molecule has 1 aliphatic rings. The van der Waals surface area contributed by atoms with E-state index in [1.165, 1.54) is 18.2 Å². The molecular formula is C13H15ClN2O3. The summed E-state index contributed by atoms with van der Waals surface area (Å²) in [6.07, 6.45) is 3.29. The second-order valence-corrected chi connectivity index (χ2v) is 5.37. The summed E-state index contributed by atoms with van der Waals surface area (Å²) in [7, 11) is 0. The molecule has 2 rings (SSSR count). The molecule has 1 aliphatic carbocycles. The lowest BCUT2D eigenvalue weighted by Gasteiger charge is -2.13. The van der Waals surface area contributed by atoms with Crippen molar-refractivity contribution in [1.82, 2.24) is 5.32 Å². The Balaban J connectivity index is 2.07. The van der Waals surface area contributed by atoms with Gasteiger partial charge in [0.15, 0.2) is 0 Å². The van der Waals surface area contributed by atoms with Crippen LogP contribution in [0.5, 0.6) is 0 Å². The van der Waals surface area contributed by atoms with Crippen LogP contribution in [0, 0.1) is 15.5 Å². The molecule has 1 aromatic rings. The molecule has 1 amide bonds. The van der Waals surface area contributed by atoms with Gasteiger partial charge in [0, 0.05) is 18.2 Å². The summed E-state index contributed by atoms with van der Waals surface area (Å²) in [6, 6.07) is 4.08. The first kappa shape index (κ1) is 13.8. The molecule has 1 saturated carbocycles. The third-order valence-electron chi connectivity index (χ3n) is 3.74. The van der Waals surface area contributed by atoms with Gasteiger partial charge in [0.2, 0.25) is 0 Å². The Hall–Kier alpha value is -1.62. The summed E-state index contributed by atoms with van der Waals surface area (Å²) in [5, 5.41) is 13.6. The number of nitro benzene ring substituents is 1. The summed E-state index contributed by atoms with van der Waals surface area (Å²) in [6.45, 7) is 2.73. The molecule has 19 heavy (non-hydrogen) atoms. The summed E-state index contributed by atoms with van der Waals surface area (Å²) in [4.78, 5) is 22.1. The predicted octanol–water partition coefficient (Wildman–Crippen LogP) is 3.17. The van der Waals surface area contributed by atoms with Gasteiger partial charge in [0.1, 0.15) is 5.02 Å². The normalized spacial score (nSPS) is 15.9. The van der Waals surface area contributed by atoms with Gasteiger partial charge in [-0.25, -0.2) is 0 Å². The van der Waals surface area contributed by atoms with Crippen molar-refractivity contribution in [3.8, 4) is 0 Å². The Morgan fingerprint density at radius 1 is 1.53 bits per heavy atom. The minimum absolute atomic E-state index is 0.0359. The summed E-state index contributed by atoms with van der Waals surface area (Å²) < 4.78 is 0. The first-order valence-electron chi connectivity index (χ1n) is 6.19. The highest BCUT2D eigenvalue weighted by Gasteiger charge is 2.40. The van der Waals surface area contributed by atoms with Crippen molar-refractivity contribution in [2.45, 2.75) is 26.2 Å². The zero-order valence-electron chi connectivity index (χ0n) is 10.6. The fourth-order valence-electron chi connectivity index (χ4n) is 2.00. The van der Waals surface area contributed by atoms with E-state index < -0.39 is 4.92 Å². The quantitative estimate of drug-likeness (QED) is 0.666. The molecule has 0 spiro atoms. The van der Waals surface area contributed by atoms with E-state index in [-0.39, 0.29) is 27.6 Å². The van der Waals surface area contributed by atoms with Gasteiger partial charge in [-0.1, -0.05) is 18.5 Å². The number of carbonyl (C=O) groups excluding carboxylic acids is 1. The van der Waals surface area contributed by atoms with Crippen molar-refractivity contribution in [3.05, 3.63) is 38.9 Å². The second kappa shape index (κ2) is 5.17. The summed E-state index contributed by atoms with van der Waals surface area (Å²) in [5.74, 6) is -0.292. The van der Waals surface area contributed by atoms with Crippen molar-refractivity contribution >= 4 is 23.2 Å². The van der Waals surface area contributed by atoms with E-state index in [2.05, 4.69) is 12.2 Å². The number of amides is 1. The van der Waals surface area contributed by atoms with Crippen LogP contribution in [0.2, 0.25) is 5.02 Å². The maximum absolute atomic E-state index is 11.9. The minimum Gasteiger partial charge on any atom is -0.351 e. The molecule has 1 fully saturated rings. The lowest BCUT2D eigenvalue weighted by atomic mass is 10.0. The maximum atomic E-state index is 11.9. The smallest absolute Gasteiger partial charge is 0.288 e. The molecule has 0 aromatic heterocycles. The Morgan fingerprint density at radius 3 is 2.74 bits per heavy atom. The molecule has 0 radical (unpaired) electrons. The number of hydrogen-bond acceptors (Lipinski definition) is 3. The largest absolute Gasteiger partial charge is 0.351 e. The van der Waals surface area contributed by atoms with Gasteiger partial charge in [0.25, 0.3) is 11.6 Å². The third kappa shape index (κ3) is 3.04. The molecule has 0 bridgehead atoms. The van der Waals surface area contributed by atoms with E-state index in [0.29, 0.717) is 6.54 Å². The molecule has 1 N–H and O–H groups in total. The third-order valence-corrected chi connectivity index (χ3v) is 4.06. The zero-order valence-corrected chi connectivity index (χ0v) is 11.4. The zero-order chi connectivity index (χ0) is 14.0. The molecule has 0 heterocycles. The average Bonchev–Trinajstić information content (AvgIpc) is 3.17. The molecule has 1 aromatic carbocycles. The molecule has 102 valence electrons. The lowest BCUT2D eigenvalue weighted by Crippen LogP contribution is -2.29. The van der Waals surface area contributed by atoms with E-state index in [4.69, 9.17) is 11.6 Å². The van der Waals surface area contributed by atoms with Crippen LogP contribution in [-0.4, -0.2) is 17.4 Å². The van der Waals surface area contributed by atoms with Gasteiger partial charge in [-0.3, -0.25) is 14.9 Å². The van der Waals surface area contributed by atoms with E-state index in [1.807, 2.05) is 0 Å². The van der Waals surface area contributed by atoms with E-state index in [9.17, 15) is 14.9 Å². The minimum atomic E-state index is -0.590. The van der Waals surface area contributed by atoms with Gasteiger partial charge >= 0.3 is 0 Å². The number of nitrogens with one attached hydrogen (secondary N) is 1. The lowest BCUT2D eigenvalue weighted by molar-refractivity contribution is -0.384. The van der Waals surface area contributed by atoms with Crippen molar-refractivity contribution in [3.63, 3.8) is 0 Å². The van der Waals surface area contributed by atoms with Crippen LogP contribution in [0.4, 0.5) is 5.69 Å². The Morgan fingerprint density at radius 2 is 2.21 bits per heavy atom. The molecule has 0 aliphatic heterocycles. The molecule has 5 nitrogen and oxygen atoms in total. The number of rotatable bonds is 5. The van der Waals surface area contributed by atoms with Crippen molar-refractivity contribution in [1.29, 1.82) is 0 Å². The van der Waals surface area contributed by atoms with Gasteiger partial charge in [-0.15, -0.1) is 0 Å². The van der Waals surface area contributed by atoms with E-state index >= 15 is 0 Å².